The van der Waals surface area contributed by atoms with Crippen LogP contribution in [-0.2, 0) is 17.6 Å². The number of nitrogens with two attached hydrogens (primary N) is 1. The van der Waals surface area contributed by atoms with E-state index in [-0.39, 0.29) is 11.4 Å². The maximum atomic E-state index is 11.5. The molecule has 0 spiro atoms. The summed E-state index contributed by atoms with van der Waals surface area (Å²) in [5.74, 6) is 0.0936. The van der Waals surface area contributed by atoms with Crippen molar-refractivity contribution in [3.8, 4) is 0 Å². The molecule has 0 fully saturated rings. The highest BCUT2D eigenvalue weighted by molar-refractivity contribution is 5.99. The fourth-order valence-electron chi connectivity index (χ4n) is 3.16. The molecule has 0 aliphatic carbocycles. The van der Waals surface area contributed by atoms with Crippen molar-refractivity contribution in [2.45, 2.75) is 57.9 Å². The molecular formula is C16H24N2O. The monoisotopic (exact) mass is 260 g/mol. The Labute approximate surface area is 115 Å². The number of hydrogen-bond acceptors (Lipinski definition) is 2. The zero-order valence-corrected chi connectivity index (χ0v) is 12.0. The second-order valence-electron chi connectivity index (χ2n) is 5.71. The minimum Gasteiger partial charge on any atom is -0.326 e. The molecule has 0 unspecified atom stereocenters. The lowest BCUT2D eigenvalue weighted by atomic mass is 9.82. The lowest BCUT2D eigenvalue weighted by Crippen LogP contribution is -2.42. The smallest absolute Gasteiger partial charge is 0.228 e. The first-order valence-corrected chi connectivity index (χ1v) is 7.27. The first-order valence-electron chi connectivity index (χ1n) is 7.27. The average Bonchev–Trinajstić information content (AvgIpc) is 2.71. The van der Waals surface area contributed by atoms with Crippen molar-refractivity contribution in [1.29, 1.82) is 0 Å². The average molecular weight is 260 g/mol. The molecule has 1 amide bonds. The number of nitrogens with one attached hydrogen (secondary N) is 1. The predicted octanol–water partition coefficient (Wildman–Crippen LogP) is 3.02. The molecule has 0 saturated heterocycles. The molecule has 104 valence electrons. The second-order valence-corrected chi connectivity index (χ2v) is 5.71. The fraction of sp³-hybridized carbons (Fsp3) is 0.562. The molecule has 19 heavy (non-hydrogen) atoms. The fourth-order valence-corrected chi connectivity index (χ4v) is 3.16. The van der Waals surface area contributed by atoms with Gasteiger partial charge in [-0.25, -0.2) is 0 Å². The molecule has 1 heterocycles. The van der Waals surface area contributed by atoms with Gasteiger partial charge in [0.1, 0.15) is 0 Å². The normalized spacial score (nSPS) is 14.4. The van der Waals surface area contributed by atoms with Crippen LogP contribution in [0.5, 0.6) is 0 Å². The molecule has 3 heteroatoms. The maximum absolute atomic E-state index is 11.5. The molecule has 0 bridgehead atoms. The zero-order chi connectivity index (χ0) is 13.9. The van der Waals surface area contributed by atoms with Crippen molar-refractivity contribution in [3.63, 3.8) is 0 Å². The summed E-state index contributed by atoms with van der Waals surface area (Å²) in [5.41, 5.74) is 9.79. The van der Waals surface area contributed by atoms with E-state index < -0.39 is 0 Å². The quantitative estimate of drug-likeness (QED) is 0.826. The van der Waals surface area contributed by atoms with Crippen LogP contribution in [-0.4, -0.2) is 11.4 Å². The number of amides is 1. The molecule has 2 rings (SSSR count). The Morgan fingerprint density at radius 1 is 1.26 bits per heavy atom. The zero-order valence-electron chi connectivity index (χ0n) is 12.0. The Morgan fingerprint density at radius 3 is 2.58 bits per heavy atom. The van der Waals surface area contributed by atoms with Crippen molar-refractivity contribution in [2.75, 3.05) is 5.32 Å². The van der Waals surface area contributed by atoms with E-state index in [0.717, 1.165) is 43.4 Å². The van der Waals surface area contributed by atoms with Gasteiger partial charge in [0.2, 0.25) is 5.91 Å². The minimum absolute atomic E-state index is 0.0936. The first kappa shape index (κ1) is 14.1. The summed E-state index contributed by atoms with van der Waals surface area (Å²) >= 11 is 0. The van der Waals surface area contributed by atoms with Crippen LogP contribution in [0.1, 0.15) is 50.7 Å². The SMILES string of the molecule is CCCC(N)(CCC)Cc1cccc2c1CC(=O)N2. The van der Waals surface area contributed by atoms with Crippen LogP contribution in [0.15, 0.2) is 18.2 Å². The standard InChI is InChI=1S/C16H24N2O/c1-3-8-16(17,9-4-2)11-12-6-5-7-14-13(12)10-15(19)18-14/h5-7H,3-4,8-11,17H2,1-2H3,(H,18,19). The highest BCUT2D eigenvalue weighted by Gasteiger charge is 2.27. The van der Waals surface area contributed by atoms with E-state index in [9.17, 15) is 4.79 Å². The predicted molar refractivity (Wildman–Crippen MR) is 79.2 cm³/mol. The lowest BCUT2D eigenvalue weighted by Gasteiger charge is -2.30. The molecule has 3 nitrogen and oxygen atoms in total. The summed E-state index contributed by atoms with van der Waals surface area (Å²) in [6.45, 7) is 4.36. The van der Waals surface area contributed by atoms with Crippen LogP contribution in [0, 0.1) is 0 Å². The minimum atomic E-state index is -0.135. The van der Waals surface area contributed by atoms with Gasteiger partial charge in [0, 0.05) is 11.2 Å². The van der Waals surface area contributed by atoms with E-state index in [4.69, 9.17) is 5.73 Å². The summed E-state index contributed by atoms with van der Waals surface area (Å²) in [4.78, 5) is 11.5. The van der Waals surface area contributed by atoms with E-state index in [1.165, 1.54) is 5.56 Å². The molecule has 1 aromatic rings. The van der Waals surface area contributed by atoms with Crippen molar-refractivity contribution in [3.05, 3.63) is 29.3 Å². The van der Waals surface area contributed by atoms with Crippen LogP contribution < -0.4 is 11.1 Å². The van der Waals surface area contributed by atoms with Crippen LogP contribution in [0.2, 0.25) is 0 Å². The third-order valence-corrected chi connectivity index (χ3v) is 3.92. The van der Waals surface area contributed by atoms with Gasteiger partial charge in [0.05, 0.1) is 6.42 Å². The van der Waals surface area contributed by atoms with E-state index in [1.54, 1.807) is 0 Å². The number of benzene rings is 1. The van der Waals surface area contributed by atoms with E-state index >= 15 is 0 Å². The van der Waals surface area contributed by atoms with Gasteiger partial charge in [0.15, 0.2) is 0 Å². The molecule has 3 N–H and O–H groups in total. The number of carbonyl (C=O) groups is 1. The Bertz CT molecular complexity index is 462. The third-order valence-electron chi connectivity index (χ3n) is 3.92. The molecule has 1 aromatic carbocycles. The highest BCUT2D eigenvalue weighted by Crippen LogP contribution is 2.30. The summed E-state index contributed by atoms with van der Waals surface area (Å²) in [7, 11) is 0. The maximum Gasteiger partial charge on any atom is 0.228 e. The molecule has 0 atom stereocenters. The van der Waals surface area contributed by atoms with Crippen molar-refractivity contribution < 1.29 is 4.79 Å². The first-order chi connectivity index (χ1) is 9.08. The van der Waals surface area contributed by atoms with Gasteiger partial charge in [0.25, 0.3) is 0 Å². The lowest BCUT2D eigenvalue weighted by molar-refractivity contribution is -0.115. The molecule has 1 aliphatic heterocycles. The van der Waals surface area contributed by atoms with Crippen molar-refractivity contribution in [1.82, 2.24) is 0 Å². The number of carbonyl (C=O) groups excluding carboxylic acids is 1. The highest BCUT2D eigenvalue weighted by atomic mass is 16.1. The Kier molecular flexibility index (Phi) is 4.25. The molecule has 0 saturated carbocycles. The van der Waals surface area contributed by atoms with E-state index in [0.29, 0.717) is 6.42 Å². The summed E-state index contributed by atoms with van der Waals surface area (Å²) in [5, 5.41) is 2.91. The Hall–Kier alpha value is -1.35. The van der Waals surface area contributed by atoms with Crippen LogP contribution in [0.4, 0.5) is 5.69 Å². The van der Waals surface area contributed by atoms with Crippen LogP contribution in [0.25, 0.3) is 0 Å². The van der Waals surface area contributed by atoms with E-state index in [2.05, 4.69) is 25.2 Å². The molecule has 0 radical (unpaired) electrons. The van der Waals surface area contributed by atoms with Crippen LogP contribution in [0.3, 0.4) is 0 Å². The molecule has 1 aliphatic rings. The van der Waals surface area contributed by atoms with Gasteiger partial charge in [-0.05, 0) is 36.5 Å². The molecular weight excluding hydrogens is 236 g/mol. The van der Waals surface area contributed by atoms with Gasteiger partial charge in [-0.1, -0.05) is 38.8 Å². The van der Waals surface area contributed by atoms with Crippen molar-refractivity contribution in [2.24, 2.45) is 5.73 Å². The number of hydrogen-bond donors (Lipinski definition) is 2. The number of fused-ring (bicyclic) bond motifs is 1. The van der Waals surface area contributed by atoms with Gasteiger partial charge in [-0.2, -0.15) is 0 Å². The summed E-state index contributed by atoms with van der Waals surface area (Å²) in [6.07, 6.45) is 5.63. The van der Waals surface area contributed by atoms with Gasteiger partial charge in [-0.15, -0.1) is 0 Å². The van der Waals surface area contributed by atoms with Crippen molar-refractivity contribution >= 4 is 11.6 Å². The second kappa shape index (κ2) is 5.74. The Balaban J connectivity index is 2.23. The van der Waals surface area contributed by atoms with E-state index in [1.807, 2.05) is 12.1 Å². The largest absolute Gasteiger partial charge is 0.326 e. The Morgan fingerprint density at radius 2 is 1.95 bits per heavy atom. The molecule has 0 aromatic heterocycles. The summed E-state index contributed by atoms with van der Waals surface area (Å²) in [6, 6.07) is 6.10. The van der Waals surface area contributed by atoms with Gasteiger partial charge >= 0.3 is 0 Å². The van der Waals surface area contributed by atoms with Crippen LogP contribution >= 0.6 is 0 Å². The number of anilines is 1. The topological polar surface area (TPSA) is 55.1 Å². The van der Waals surface area contributed by atoms with Gasteiger partial charge in [-0.3, -0.25) is 4.79 Å². The number of rotatable bonds is 6. The third kappa shape index (κ3) is 3.16. The summed E-state index contributed by atoms with van der Waals surface area (Å²) < 4.78 is 0. The van der Waals surface area contributed by atoms with Gasteiger partial charge < -0.3 is 11.1 Å².